The summed E-state index contributed by atoms with van der Waals surface area (Å²) in [4.78, 5) is 24.5. The number of carbonyl (C=O) groups excluding carboxylic acids is 2. The van der Waals surface area contributed by atoms with Crippen molar-refractivity contribution in [2.75, 3.05) is 0 Å². The van der Waals surface area contributed by atoms with Gasteiger partial charge in [-0.2, -0.15) is 0 Å². The second kappa shape index (κ2) is 8.76. The maximum atomic E-state index is 12.4. The van der Waals surface area contributed by atoms with Gasteiger partial charge in [0.2, 0.25) is 5.78 Å². The quantitative estimate of drug-likeness (QED) is 0.750. The summed E-state index contributed by atoms with van der Waals surface area (Å²) in [6.45, 7) is 0. The van der Waals surface area contributed by atoms with Gasteiger partial charge in [0.05, 0.1) is 0 Å². The Morgan fingerprint density at radius 2 is 1.43 bits per heavy atom. The molecular weight excluding hydrogens is 260 g/mol. The van der Waals surface area contributed by atoms with Gasteiger partial charge < -0.3 is 0 Å². The third-order valence-corrected chi connectivity index (χ3v) is 4.43. The summed E-state index contributed by atoms with van der Waals surface area (Å²) >= 11 is 0. The van der Waals surface area contributed by atoms with Crippen molar-refractivity contribution in [2.45, 2.75) is 64.2 Å². The van der Waals surface area contributed by atoms with E-state index in [1.807, 2.05) is 30.3 Å². The Balaban J connectivity index is 2.01. The molecule has 0 spiro atoms. The Bertz CT molecular complexity index is 450. The van der Waals surface area contributed by atoms with Crippen molar-refractivity contribution in [3.63, 3.8) is 0 Å². The number of Topliss-reactive ketones (excluding diaryl/α,β-unsaturated/α-hetero) is 2. The first-order valence-corrected chi connectivity index (χ1v) is 8.38. The first-order chi connectivity index (χ1) is 10.3. The van der Waals surface area contributed by atoms with Crippen LogP contribution >= 0.6 is 0 Å². The van der Waals surface area contributed by atoms with E-state index < -0.39 is 0 Å². The Labute approximate surface area is 127 Å². The van der Waals surface area contributed by atoms with E-state index in [0.29, 0.717) is 12.8 Å². The van der Waals surface area contributed by atoms with Crippen LogP contribution in [0.25, 0.3) is 0 Å². The number of benzene rings is 1. The Hall–Kier alpha value is -1.44. The van der Waals surface area contributed by atoms with Gasteiger partial charge in [0.1, 0.15) is 0 Å². The van der Waals surface area contributed by atoms with Gasteiger partial charge in [-0.05, 0) is 24.8 Å². The highest BCUT2D eigenvalue weighted by Gasteiger charge is 2.24. The molecule has 1 saturated carbocycles. The van der Waals surface area contributed by atoms with Crippen molar-refractivity contribution < 1.29 is 9.59 Å². The molecule has 0 N–H and O–H groups in total. The molecule has 1 fully saturated rings. The second-order valence-corrected chi connectivity index (χ2v) is 6.19. The van der Waals surface area contributed by atoms with Gasteiger partial charge in [-0.15, -0.1) is 0 Å². The number of carbonyl (C=O) groups is 2. The van der Waals surface area contributed by atoms with Crippen molar-refractivity contribution >= 4 is 11.6 Å². The molecule has 1 aliphatic rings. The maximum Gasteiger partial charge on any atom is 0.201 e. The molecule has 114 valence electrons. The highest BCUT2D eigenvalue weighted by atomic mass is 16.2. The average molecular weight is 286 g/mol. The molecule has 1 aromatic carbocycles. The lowest BCUT2D eigenvalue weighted by atomic mass is 9.86. The molecule has 1 aliphatic carbocycles. The first kappa shape index (κ1) is 15.9. The van der Waals surface area contributed by atoms with Crippen LogP contribution in [-0.2, 0) is 16.0 Å². The minimum atomic E-state index is -0.142. The fourth-order valence-corrected chi connectivity index (χ4v) is 3.14. The summed E-state index contributed by atoms with van der Waals surface area (Å²) in [6, 6.07) is 10.1. The summed E-state index contributed by atoms with van der Waals surface area (Å²) in [6.07, 6.45) is 9.98. The van der Waals surface area contributed by atoms with Crippen LogP contribution in [0.2, 0.25) is 0 Å². The van der Waals surface area contributed by atoms with Gasteiger partial charge in [0.25, 0.3) is 0 Å². The Kier molecular flexibility index (Phi) is 6.65. The van der Waals surface area contributed by atoms with Gasteiger partial charge in [-0.3, -0.25) is 9.59 Å². The van der Waals surface area contributed by atoms with E-state index in [1.165, 1.54) is 25.7 Å². The van der Waals surface area contributed by atoms with E-state index in [1.54, 1.807) is 0 Å². The van der Waals surface area contributed by atoms with Crippen LogP contribution in [0.3, 0.4) is 0 Å². The van der Waals surface area contributed by atoms with Gasteiger partial charge in [-0.25, -0.2) is 0 Å². The monoisotopic (exact) mass is 286 g/mol. The maximum absolute atomic E-state index is 12.4. The minimum absolute atomic E-state index is 0.112. The molecule has 2 nitrogen and oxygen atoms in total. The Morgan fingerprint density at radius 1 is 0.810 bits per heavy atom. The zero-order valence-corrected chi connectivity index (χ0v) is 12.9. The smallest absolute Gasteiger partial charge is 0.201 e. The number of hydrogen-bond donors (Lipinski definition) is 0. The lowest BCUT2D eigenvalue weighted by molar-refractivity contribution is -0.139. The molecule has 0 amide bonds. The molecule has 0 saturated heterocycles. The first-order valence-electron chi connectivity index (χ1n) is 8.38. The van der Waals surface area contributed by atoms with Crippen LogP contribution < -0.4 is 0 Å². The van der Waals surface area contributed by atoms with Crippen LogP contribution in [0.4, 0.5) is 0 Å². The molecule has 0 aromatic heterocycles. The normalized spacial score (nSPS) is 22.4. The van der Waals surface area contributed by atoms with Crippen molar-refractivity contribution in [1.82, 2.24) is 0 Å². The molecule has 2 rings (SSSR count). The molecule has 0 heterocycles. The van der Waals surface area contributed by atoms with Gasteiger partial charge in [0.15, 0.2) is 5.78 Å². The molecule has 1 aromatic rings. The van der Waals surface area contributed by atoms with Crippen LogP contribution in [0.1, 0.15) is 63.4 Å². The van der Waals surface area contributed by atoms with Crippen LogP contribution in [0.5, 0.6) is 0 Å². The lowest BCUT2D eigenvalue weighted by Gasteiger charge is -2.16. The second-order valence-electron chi connectivity index (χ2n) is 6.19. The molecule has 21 heavy (non-hydrogen) atoms. The van der Waals surface area contributed by atoms with Crippen LogP contribution in [-0.4, -0.2) is 11.6 Å². The topological polar surface area (TPSA) is 34.1 Å². The molecule has 0 bridgehead atoms. The number of ketones is 2. The summed E-state index contributed by atoms with van der Waals surface area (Å²) in [5.74, 6) is -0.379. The zero-order chi connectivity index (χ0) is 14.9. The number of rotatable bonds is 2. The standard InChI is InChI=1S/C19H26O2/c20-18-14-10-5-3-1-2-4-9-13-17(19(18)21)15-16-11-7-6-8-12-16/h6-8,11-12,17H,1-5,9-10,13-15H2. The van der Waals surface area contributed by atoms with Crippen LogP contribution in [0, 0.1) is 5.92 Å². The highest BCUT2D eigenvalue weighted by Crippen LogP contribution is 2.21. The fourth-order valence-electron chi connectivity index (χ4n) is 3.14. The van der Waals surface area contributed by atoms with E-state index >= 15 is 0 Å². The highest BCUT2D eigenvalue weighted by molar-refractivity contribution is 6.37. The lowest BCUT2D eigenvalue weighted by Crippen LogP contribution is -2.25. The third kappa shape index (κ3) is 5.45. The van der Waals surface area contributed by atoms with Gasteiger partial charge in [-0.1, -0.05) is 68.9 Å². The zero-order valence-electron chi connectivity index (χ0n) is 12.9. The van der Waals surface area contributed by atoms with Crippen LogP contribution in [0.15, 0.2) is 30.3 Å². The van der Waals surface area contributed by atoms with Crippen molar-refractivity contribution in [3.05, 3.63) is 35.9 Å². The van der Waals surface area contributed by atoms with E-state index in [2.05, 4.69) is 0 Å². The predicted molar refractivity (Wildman–Crippen MR) is 85.2 cm³/mol. The average Bonchev–Trinajstić information content (AvgIpc) is 2.51. The van der Waals surface area contributed by atoms with E-state index in [0.717, 1.165) is 31.2 Å². The minimum Gasteiger partial charge on any atom is -0.291 e. The summed E-state index contributed by atoms with van der Waals surface area (Å²) in [5, 5.41) is 0. The molecule has 1 atom stereocenters. The predicted octanol–water partition coefficient (Wildman–Crippen LogP) is 4.51. The molecular formula is C19H26O2. The van der Waals surface area contributed by atoms with E-state index in [9.17, 15) is 9.59 Å². The number of hydrogen-bond acceptors (Lipinski definition) is 2. The summed E-state index contributed by atoms with van der Waals surface area (Å²) in [5.41, 5.74) is 1.16. The molecule has 0 radical (unpaired) electrons. The van der Waals surface area contributed by atoms with E-state index in [-0.39, 0.29) is 17.5 Å². The Morgan fingerprint density at radius 3 is 2.14 bits per heavy atom. The fraction of sp³-hybridized carbons (Fsp3) is 0.579. The SMILES string of the molecule is O=C1CCCCCCCCCC(Cc2ccccc2)C1=O. The van der Waals surface area contributed by atoms with Gasteiger partial charge >= 0.3 is 0 Å². The molecule has 1 unspecified atom stereocenters. The van der Waals surface area contributed by atoms with Gasteiger partial charge in [0, 0.05) is 12.3 Å². The van der Waals surface area contributed by atoms with Crippen molar-refractivity contribution in [1.29, 1.82) is 0 Å². The van der Waals surface area contributed by atoms with E-state index in [4.69, 9.17) is 0 Å². The molecule has 0 aliphatic heterocycles. The third-order valence-electron chi connectivity index (χ3n) is 4.43. The van der Waals surface area contributed by atoms with Crippen molar-refractivity contribution in [2.24, 2.45) is 5.92 Å². The summed E-state index contributed by atoms with van der Waals surface area (Å²) < 4.78 is 0. The molecule has 2 heteroatoms. The summed E-state index contributed by atoms with van der Waals surface area (Å²) in [7, 11) is 0. The largest absolute Gasteiger partial charge is 0.291 e. The van der Waals surface area contributed by atoms with Crippen molar-refractivity contribution in [3.8, 4) is 0 Å².